The van der Waals surface area contributed by atoms with Crippen molar-refractivity contribution in [3.8, 4) is 0 Å². The zero-order valence-corrected chi connectivity index (χ0v) is 8.00. The Balaban J connectivity index is 2.72. The summed E-state index contributed by atoms with van der Waals surface area (Å²) in [6, 6.07) is 4.29. The molecule has 0 saturated carbocycles. The summed E-state index contributed by atoms with van der Waals surface area (Å²) >= 11 is 0. The molecule has 0 N–H and O–H groups in total. The summed E-state index contributed by atoms with van der Waals surface area (Å²) in [5.41, 5.74) is 2.59. The molecule has 1 rings (SSSR count). The third kappa shape index (κ3) is 2.31. The number of ether oxygens (including phenoxy) is 1. The first-order valence-electron chi connectivity index (χ1n) is 4.19. The molecular weight excluding hydrogens is 150 g/mol. The third-order valence-corrected chi connectivity index (χ3v) is 1.94. The van der Waals surface area contributed by atoms with Crippen LogP contribution in [0, 0.1) is 13.8 Å². The van der Waals surface area contributed by atoms with Gasteiger partial charge in [-0.25, -0.2) is 4.57 Å². The maximum absolute atomic E-state index is 5.01. The number of methoxy groups -OCH3 is 1. The zero-order valence-electron chi connectivity index (χ0n) is 8.00. The Morgan fingerprint density at radius 3 is 2.75 bits per heavy atom. The first-order valence-corrected chi connectivity index (χ1v) is 4.19. The van der Waals surface area contributed by atoms with Crippen LogP contribution in [0.3, 0.4) is 0 Å². The molecule has 0 unspecified atom stereocenters. The lowest BCUT2D eigenvalue weighted by Crippen LogP contribution is -2.38. The quantitative estimate of drug-likeness (QED) is 0.616. The summed E-state index contributed by atoms with van der Waals surface area (Å²) in [6.07, 6.45) is 2.10. The predicted molar refractivity (Wildman–Crippen MR) is 48.0 cm³/mol. The number of hydrogen-bond acceptors (Lipinski definition) is 1. The molecular formula is C10H16NO+. The molecule has 12 heavy (non-hydrogen) atoms. The van der Waals surface area contributed by atoms with Crippen molar-refractivity contribution in [1.82, 2.24) is 0 Å². The molecule has 0 fully saturated rings. The number of hydrogen-bond donors (Lipinski definition) is 0. The van der Waals surface area contributed by atoms with Crippen molar-refractivity contribution in [2.24, 2.45) is 0 Å². The number of nitrogens with zero attached hydrogens (tertiary/aromatic N) is 1. The van der Waals surface area contributed by atoms with Gasteiger partial charge in [0.2, 0.25) is 0 Å². The highest BCUT2D eigenvalue weighted by Crippen LogP contribution is 1.95. The van der Waals surface area contributed by atoms with Crippen LogP contribution < -0.4 is 4.57 Å². The van der Waals surface area contributed by atoms with Gasteiger partial charge in [-0.15, -0.1) is 0 Å². The van der Waals surface area contributed by atoms with E-state index in [-0.39, 0.29) is 0 Å². The van der Waals surface area contributed by atoms with Gasteiger partial charge >= 0.3 is 0 Å². The van der Waals surface area contributed by atoms with E-state index in [4.69, 9.17) is 4.74 Å². The van der Waals surface area contributed by atoms with Crippen LogP contribution in [0.5, 0.6) is 0 Å². The fourth-order valence-electron chi connectivity index (χ4n) is 1.23. The number of rotatable bonds is 3. The van der Waals surface area contributed by atoms with Crippen LogP contribution in [0.2, 0.25) is 0 Å². The van der Waals surface area contributed by atoms with E-state index < -0.39 is 0 Å². The molecule has 1 aromatic heterocycles. The molecule has 0 atom stereocenters. The van der Waals surface area contributed by atoms with E-state index in [1.54, 1.807) is 7.11 Å². The Hall–Kier alpha value is -0.890. The van der Waals surface area contributed by atoms with Gasteiger partial charge in [0.25, 0.3) is 0 Å². The van der Waals surface area contributed by atoms with E-state index in [1.165, 1.54) is 11.3 Å². The smallest absolute Gasteiger partial charge is 0.178 e. The van der Waals surface area contributed by atoms with Gasteiger partial charge in [-0.1, -0.05) is 0 Å². The van der Waals surface area contributed by atoms with Gasteiger partial charge in [-0.3, -0.25) is 0 Å². The zero-order chi connectivity index (χ0) is 8.97. The summed E-state index contributed by atoms with van der Waals surface area (Å²) in [5.74, 6) is 0. The highest BCUT2D eigenvalue weighted by atomic mass is 16.5. The molecule has 0 aliphatic heterocycles. The van der Waals surface area contributed by atoms with Gasteiger partial charge in [-0.05, 0) is 12.5 Å². The largest absolute Gasteiger partial charge is 0.378 e. The Morgan fingerprint density at radius 2 is 2.17 bits per heavy atom. The summed E-state index contributed by atoms with van der Waals surface area (Å²) in [7, 11) is 1.73. The molecule has 0 radical (unpaired) electrons. The second-order valence-electron chi connectivity index (χ2n) is 3.03. The van der Waals surface area contributed by atoms with Crippen LogP contribution in [0.4, 0.5) is 0 Å². The summed E-state index contributed by atoms with van der Waals surface area (Å²) < 4.78 is 7.20. The molecule has 2 heteroatoms. The van der Waals surface area contributed by atoms with Gasteiger partial charge in [0.1, 0.15) is 6.61 Å². The van der Waals surface area contributed by atoms with Crippen LogP contribution in [-0.4, -0.2) is 13.7 Å². The summed E-state index contributed by atoms with van der Waals surface area (Å²) in [4.78, 5) is 0. The predicted octanol–water partition coefficient (Wildman–Crippen LogP) is 1.24. The summed E-state index contributed by atoms with van der Waals surface area (Å²) in [5, 5.41) is 0. The van der Waals surface area contributed by atoms with Gasteiger partial charge in [0.15, 0.2) is 18.4 Å². The van der Waals surface area contributed by atoms with Crippen molar-refractivity contribution in [3.05, 3.63) is 29.6 Å². The molecule has 2 nitrogen and oxygen atoms in total. The van der Waals surface area contributed by atoms with Crippen molar-refractivity contribution in [1.29, 1.82) is 0 Å². The Bertz CT molecular complexity index is 258. The molecule has 0 aliphatic rings. The Morgan fingerprint density at radius 1 is 1.42 bits per heavy atom. The van der Waals surface area contributed by atoms with E-state index in [0.29, 0.717) is 0 Å². The monoisotopic (exact) mass is 166 g/mol. The van der Waals surface area contributed by atoms with E-state index >= 15 is 0 Å². The van der Waals surface area contributed by atoms with Crippen molar-refractivity contribution in [2.45, 2.75) is 20.4 Å². The van der Waals surface area contributed by atoms with E-state index in [1.807, 2.05) is 0 Å². The van der Waals surface area contributed by atoms with E-state index in [0.717, 1.165) is 13.2 Å². The maximum Gasteiger partial charge on any atom is 0.178 e. The van der Waals surface area contributed by atoms with Crippen LogP contribution in [0.25, 0.3) is 0 Å². The molecule has 0 aliphatic carbocycles. The highest BCUT2D eigenvalue weighted by molar-refractivity contribution is 5.08. The second-order valence-corrected chi connectivity index (χ2v) is 3.03. The fourth-order valence-corrected chi connectivity index (χ4v) is 1.23. The van der Waals surface area contributed by atoms with Crippen molar-refractivity contribution < 1.29 is 9.30 Å². The molecule has 0 spiro atoms. The fraction of sp³-hybridized carbons (Fsp3) is 0.500. The lowest BCUT2D eigenvalue weighted by Gasteiger charge is -1.99. The first kappa shape index (κ1) is 9.20. The van der Waals surface area contributed by atoms with Crippen molar-refractivity contribution in [2.75, 3.05) is 13.7 Å². The molecule has 0 amide bonds. The van der Waals surface area contributed by atoms with E-state index in [2.05, 4.69) is 36.7 Å². The van der Waals surface area contributed by atoms with E-state index in [9.17, 15) is 0 Å². The lowest BCUT2D eigenvalue weighted by molar-refractivity contribution is -0.704. The van der Waals surface area contributed by atoms with Gasteiger partial charge < -0.3 is 4.74 Å². The molecule has 0 aromatic carbocycles. The minimum atomic E-state index is 0.772. The first-order chi connectivity index (χ1) is 5.74. The molecule has 66 valence electrons. The lowest BCUT2D eigenvalue weighted by atomic mass is 10.2. The van der Waals surface area contributed by atoms with Gasteiger partial charge in [0, 0.05) is 26.2 Å². The highest BCUT2D eigenvalue weighted by Gasteiger charge is 2.03. The topological polar surface area (TPSA) is 13.1 Å². The minimum Gasteiger partial charge on any atom is -0.378 e. The maximum atomic E-state index is 5.01. The Labute approximate surface area is 73.8 Å². The number of aryl methyl sites for hydroxylation is 2. The summed E-state index contributed by atoms with van der Waals surface area (Å²) in [6.45, 7) is 5.92. The third-order valence-electron chi connectivity index (χ3n) is 1.94. The van der Waals surface area contributed by atoms with Crippen LogP contribution in [0.15, 0.2) is 18.3 Å². The van der Waals surface area contributed by atoms with Crippen molar-refractivity contribution >= 4 is 0 Å². The average molecular weight is 166 g/mol. The van der Waals surface area contributed by atoms with Gasteiger partial charge in [0.05, 0.1) is 0 Å². The van der Waals surface area contributed by atoms with Crippen LogP contribution in [-0.2, 0) is 11.3 Å². The molecule has 1 aromatic rings. The SMILES string of the molecule is COCC[n+]1ccc(C)cc1C. The molecule has 1 heterocycles. The van der Waals surface area contributed by atoms with Crippen molar-refractivity contribution in [3.63, 3.8) is 0 Å². The average Bonchev–Trinajstić information content (AvgIpc) is 2.03. The van der Waals surface area contributed by atoms with Crippen LogP contribution >= 0.6 is 0 Å². The second kappa shape index (κ2) is 4.21. The molecule has 0 bridgehead atoms. The van der Waals surface area contributed by atoms with Gasteiger partial charge in [-0.2, -0.15) is 0 Å². The standard InChI is InChI=1S/C10H16NO/c1-9-4-5-11(6-7-12-3)10(2)8-9/h4-5,8H,6-7H2,1-3H3/q+1. The number of aromatic nitrogens is 1. The Kier molecular flexibility index (Phi) is 3.23. The normalized spacial score (nSPS) is 10.2. The molecule has 0 saturated heterocycles. The number of pyridine rings is 1. The van der Waals surface area contributed by atoms with Crippen LogP contribution in [0.1, 0.15) is 11.3 Å². The minimum absolute atomic E-state index is 0.772.